The van der Waals surface area contributed by atoms with Crippen molar-refractivity contribution in [2.45, 2.75) is 51.6 Å². The van der Waals surface area contributed by atoms with Crippen LogP contribution in [0.1, 0.15) is 54.4 Å². The summed E-state index contributed by atoms with van der Waals surface area (Å²) in [4.78, 5) is 18.1. The Bertz CT molecular complexity index is 1220. The minimum Gasteiger partial charge on any atom is -0.294 e. The van der Waals surface area contributed by atoms with Crippen molar-refractivity contribution in [1.29, 1.82) is 0 Å². The summed E-state index contributed by atoms with van der Waals surface area (Å²) in [6.45, 7) is 2.05. The van der Waals surface area contributed by atoms with E-state index in [1.165, 1.54) is 5.56 Å². The predicted molar refractivity (Wildman–Crippen MR) is 119 cm³/mol. The van der Waals surface area contributed by atoms with Crippen molar-refractivity contribution < 1.29 is 18.0 Å². The lowest BCUT2D eigenvalue weighted by Crippen LogP contribution is -2.06. The Morgan fingerprint density at radius 2 is 1.87 bits per heavy atom. The first-order valence-electron chi connectivity index (χ1n) is 10.4. The van der Waals surface area contributed by atoms with Crippen LogP contribution in [0.4, 0.5) is 13.2 Å². The van der Waals surface area contributed by atoms with Crippen LogP contribution in [0.5, 0.6) is 0 Å². The van der Waals surface area contributed by atoms with Crippen LogP contribution in [-0.4, -0.2) is 21.3 Å². The molecule has 162 valence electrons. The van der Waals surface area contributed by atoms with Crippen molar-refractivity contribution in [2.75, 3.05) is 0 Å². The maximum atomic E-state index is 12.5. The first-order chi connectivity index (χ1) is 14.8. The quantitative estimate of drug-likeness (QED) is 0.207. The van der Waals surface area contributed by atoms with Gasteiger partial charge < -0.3 is 0 Å². The lowest BCUT2D eigenvalue weighted by Gasteiger charge is -2.05. The Balaban J connectivity index is 1.42. The predicted octanol–water partition coefficient (Wildman–Crippen LogP) is 7.61. The number of unbranched alkanes of at least 4 members (excludes halogenated alkanes) is 3. The van der Waals surface area contributed by atoms with Gasteiger partial charge >= 0.3 is 6.18 Å². The maximum Gasteiger partial charge on any atom is 0.389 e. The molecular weight excluding hydrogens is 421 g/mol. The van der Waals surface area contributed by atoms with E-state index in [0.717, 1.165) is 26.4 Å². The molecule has 31 heavy (non-hydrogen) atoms. The van der Waals surface area contributed by atoms with Gasteiger partial charge in [0.2, 0.25) is 0 Å². The van der Waals surface area contributed by atoms with Crippen LogP contribution < -0.4 is 0 Å². The van der Waals surface area contributed by atoms with Gasteiger partial charge in [0.25, 0.3) is 0 Å². The van der Waals surface area contributed by atoms with Crippen molar-refractivity contribution >= 4 is 32.3 Å². The molecule has 0 bridgehead atoms. The van der Waals surface area contributed by atoms with Gasteiger partial charge in [-0.15, -0.1) is 0 Å². The average Bonchev–Trinajstić information content (AvgIpc) is 3.27. The third-order valence-electron chi connectivity index (χ3n) is 5.34. The smallest absolute Gasteiger partial charge is 0.294 e. The highest BCUT2D eigenvalue weighted by molar-refractivity contribution is 7.23. The number of Topliss-reactive ketones (excluding diaryl/α,β-unsaturated/α-hetero) is 1. The number of imidazole rings is 1. The number of aromatic nitrogens is 2. The summed E-state index contributed by atoms with van der Waals surface area (Å²) in [5, 5.41) is 0. The molecule has 0 unspecified atom stereocenters. The third kappa shape index (κ3) is 5.15. The molecule has 3 nitrogen and oxygen atoms in total. The minimum atomic E-state index is -4.09. The fourth-order valence-electron chi connectivity index (χ4n) is 3.73. The maximum absolute atomic E-state index is 12.5. The molecule has 0 aliphatic rings. The Labute approximate surface area is 182 Å². The first-order valence-corrected chi connectivity index (χ1v) is 11.2. The summed E-state index contributed by atoms with van der Waals surface area (Å²) in [5.41, 5.74) is 4.83. The van der Waals surface area contributed by atoms with Gasteiger partial charge in [0.05, 0.1) is 15.9 Å². The molecule has 0 fully saturated rings. The summed E-state index contributed by atoms with van der Waals surface area (Å²) in [7, 11) is 0. The van der Waals surface area contributed by atoms with Gasteiger partial charge in [-0.1, -0.05) is 47.9 Å². The van der Waals surface area contributed by atoms with Gasteiger partial charge in [-0.3, -0.25) is 9.20 Å². The molecule has 4 aromatic rings. The molecule has 0 aliphatic carbocycles. The molecule has 0 amide bonds. The number of rotatable bonds is 8. The van der Waals surface area contributed by atoms with Crippen molar-refractivity contribution in [3.63, 3.8) is 0 Å². The Kier molecular flexibility index (Phi) is 6.14. The highest BCUT2D eigenvalue weighted by Crippen LogP contribution is 2.31. The van der Waals surface area contributed by atoms with E-state index in [1.54, 1.807) is 11.3 Å². The molecule has 2 aromatic carbocycles. The van der Waals surface area contributed by atoms with Gasteiger partial charge in [-0.2, -0.15) is 13.2 Å². The fourth-order valence-corrected chi connectivity index (χ4v) is 4.77. The van der Waals surface area contributed by atoms with E-state index in [-0.39, 0.29) is 12.2 Å². The van der Waals surface area contributed by atoms with Crippen LogP contribution in [-0.2, 0) is 0 Å². The van der Waals surface area contributed by atoms with E-state index >= 15 is 0 Å². The number of carbonyl (C=O) groups excluding carboxylic acids is 1. The monoisotopic (exact) mass is 444 g/mol. The number of fused-ring (bicyclic) bond motifs is 3. The van der Waals surface area contributed by atoms with Crippen LogP contribution in [0.2, 0.25) is 0 Å². The molecule has 7 heteroatoms. The summed E-state index contributed by atoms with van der Waals surface area (Å²) in [6, 6.07) is 13.9. The van der Waals surface area contributed by atoms with Gasteiger partial charge in [0.1, 0.15) is 0 Å². The number of aryl methyl sites for hydroxylation is 1. The number of hydrogen-bond donors (Lipinski definition) is 0. The van der Waals surface area contributed by atoms with Crippen molar-refractivity contribution in [2.24, 2.45) is 0 Å². The molecule has 0 N–H and O–H groups in total. The standard InChI is InChI=1S/C24H23F3N2OS/c1-16-7-6-8-17(13-16)19-15-29-20-11-10-18(14-22(20)31-23(29)28-19)21(30)9-4-2-3-5-12-24(25,26)27/h6-8,10-11,13-15H,2-5,9,12H2,1H3. The number of ketones is 1. The minimum absolute atomic E-state index is 0.0317. The summed E-state index contributed by atoms with van der Waals surface area (Å²) < 4.78 is 39.5. The second kappa shape index (κ2) is 8.83. The van der Waals surface area contributed by atoms with Crippen LogP contribution in [0, 0.1) is 6.92 Å². The van der Waals surface area contributed by atoms with Crippen LogP contribution >= 0.6 is 11.3 Å². The first kappa shape index (κ1) is 21.6. The number of carbonyl (C=O) groups is 1. The molecule has 2 heterocycles. The van der Waals surface area contributed by atoms with Crippen LogP contribution in [0.25, 0.3) is 26.4 Å². The molecular formula is C24H23F3N2OS. The van der Waals surface area contributed by atoms with E-state index in [4.69, 9.17) is 4.98 Å². The number of benzene rings is 2. The normalized spacial score (nSPS) is 12.1. The number of nitrogens with zero attached hydrogens (tertiary/aromatic N) is 2. The lowest BCUT2D eigenvalue weighted by molar-refractivity contribution is -0.135. The highest BCUT2D eigenvalue weighted by Gasteiger charge is 2.25. The Morgan fingerprint density at radius 1 is 1.06 bits per heavy atom. The van der Waals surface area contributed by atoms with Crippen molar-refractivity contribution in [3.8, 4) is 11.3 Å². The zero-order valence-corrected chi connectivity index (χ0v) is 18.0. The Hall–Kier alpha value is -2.67. The summed E-state index contributed by atoms with van der Waals surface area (Å²) in [6.07, 6.45) is -0.583. The topological polar surface area (TPSA) is 34.4 Å². The van der Waals surface area contributed by atoms with E-state index in [2.05, 4.69) is 19.1 Å². The molecule has 0 saturated heterocycles. The second-order valence-corrected chi connectivity index (χ2v) is 8.89. The number of thiazole rings is 1. The van der Waals surface area contributed by atoms with E-state index in [0.29, 0.717) is 31.2 Å². The van der Waals surface area contributed by atoms with E-state index < -0.39 is 12.6 Å². The number of hydrogen-bond acceptors (Lipinski definition) is 3. The van der Waals surface area contributed by atoms with Gasteiger partial charge in [-0.25, -0.2) is 4.98 Å². The fraction of sp³-hybridized carbons (Fsp3) is 0.333. The summed E-state index contributed by atoms with van der Waals surface area (Å²) in [5.74, 6) is 0.0317. The molecule has 0 spiro atoms. The third-order valence-corrected chi connectivity index (χ3v) is 6.36. The molecule has 0 aliphatic heterocycles. The van der Waals surface area contributed by atoms with Gasteiger partial charge in [0, 0.05) is 30.2 Å². The lowest BCUT2D eigenvalue weighted by atomic mass is 10.0. The molecule has 0 saturated carbocycles. The number of alkyl halides is 3. The second-order valence-electron chi connectivity index (χ2n) is 7.89. The zero-order chi connectivity index (χ0) is 22.0. The number of halogens is 3. The van der Waals surface area contributed by atoms with Gasteiger partial charge in [0.15, 0.2) is 10.7 Å². The van der Waals surface area contributed by atoms with Crippen LogP contribution in [0.15, 0.2) is 48.7 Å². The molecule has 0 radical (unpaired) electrons. The highest BCUT2D eigenvalue weighted by atomic mass is 32.1. The van der Waals surface area contributed by atoms with E-state index in [1.807, 2.05) is 40.9 Å². The van der Waals surface area contributed by atoms with Crippen molar-refractivity contribution in [1.82, 2.24) is 9.38 Å². The summed E-state index contributed by atoms with van der Waals surface area (Å²) >= 11 is 1.54. The van der Waals surface area contributed by atoms with Crippen LogP contribution in [0.3, 0.4) is 0 Å². The van der Waals surface area contributed by atoms with E-state index in [9.17, 15) is 18.0 Å². The molecule has 4 rings (SSSR count). The molecule has 2 aromatic heterocycles. The van der Waals surface area contributed by atoms with Crippen molar-refractivity contribution in [3.05, 3.63) is 59.8 Å². The largest absolute Gasteiger partial charge is 0.389 e. The van der Waals surface area contributed by atoms with Gasteiger partial charge in [-0.05, 0) is 44.0 Å². The zero-order valence-electron chi connectivity index (χ0n) is 17.2. The average molecular weight is 445 g/mol. The molecule has 0 atom stereocenters. The SMILES string of the molecule is Cc1cccc(-c2cn3c(n2)sc2cc(C(=O)CCCCCCC(F)(F)F)ccc23)c1. The Morgan fingerprint density at radius 3 is 2.65 bits per heavy atom.